The Labute approximate surface area is 176 Å². The molecule has 0 radical (unpaired) electrons. The molecule has 0 aliphatic rings. The molecule has 30 heavy (non-hydrogen) atoms. The summed E-state index contributed by atoms with van der Waals surface area (Å²) in [5.74, 6) is 0.259. The van der Waals surface area contributed by atoms with Crippen LogP contribution >= 0.6 is 11.6 Å². The number of nitrogens with one attached hydrogen (secondary N) is 2. The van der Waals surface area contributed by atoms with Crippen LogP contribution in [-0.4, -0.2) is 30.3 Å². The number of methoxy groups -OCH3 is 2. The van der Waals surface area contributed by atoms with Crippen molar-refractivity contribution in [3.63, 3.8) is 0 Å². The van der Waals surface area contributed by atoms with Gasteiger partial charge in [0.1, 0.15) is 17.3 Å². The SMILES string of the molecule is COc1ccc(-c2ccc3c(NC(=O)c4c(F)cccc4Cl)n[nH]c3c2)c(OC)c1. The summed E-state index contributed by atoms with van der Waals surface area (Å²) in [6, 6.07) is 15.2. The van der Waals surface area contributed by atoms with Crippen molar-refractivity contribution < 1.29 is 18.7 Å². The van der Waals surface area contributed by atoms with E-state index in [2.05, 4.69) is 15.5 Å². The molecule has 0 fully saturated rings. The molecule has 1 amide bonds. The number of nitrogens with zero attached hydrogens (tertiary/aromatic N) is 1. The van der Waals surface area contributed by atoms with E-state index in [0.717, 1.165) is 11.1 Å². The van der Waals surface area contributed by atoms with Gasteiger partial charge >= 0.3 is 0 Å². The summed E-state index contributed by atoms with van der Waals surface area (Å²) in [7, 11) is 3.18. The van der Waals surface area contributed by atoms with Crippen molar-refractivity contribution in [3.8, 4) is 22.6 Å². The topological polar surface area (TPSA) is 76.2 Å². The molecule has 3 aromatic carbocycles. The summed E-state index contributed by atoms with van der Waals surface area (Å²) in [6.07, 6.45) is 0. The Hall–Kier alpha value is -3.58. The average molecular weight is 426 g/mol. The molecule has 1 aromatic heterocycles. The average Bonchev–Trinajstić information content (AvgIpc) is 3.15. The Morgan fingerprint density at radius 2 is 1.93 bits per heavy atom. The van der Waals surface area contributed by atoms with E-state index in [1.165, 1.54) is 18.2 Å². The quantitative estimate of drug-likeness (QED) is 0.455. The Kier molecular flexibility index (Phi) is 5.29. The molecule has 4 rings (SSSR count). The van der Waals surface area contributed by atoms with Crippen LogP contribution in [-0.2, 0) is 0 Å². The van der Waals surface area contributed by atoms with E-state index < -0.39 is 11.7 Å². The van der Waals surface area contributed by atoms with E-state index in [1.807, 2.05) is 30.3 Å². The lowest BCUT2D eigenvalue weighted by Crippen LogP contribution is -2.14. The van der Waals surface area contributed by atoms with Crippen molar-refractivity contribution in [1.82, 2.24) is 10.2 Å². The number of halogens is 2. The van der Waals surface area contributed by atoms with Gasteiger partial charge in [-0.1, -0.05) is 23.7 Å². The van der Waals surface area contributed by atoms with Gasteiger partial charge in [-0.05, 0) is 42.0 Å². The first kappa shape index (κ1) is 19.7. The summed E-state index contributed by atoms with van der Waals surface area (Å²) >= 11 is 5.97. The number of aromatic nitrogens is 2. The Morgan fingerprint density at radius 3 is 2.67 bits per heavy atom. The van der Waals surface area contributed by atoms with Crippen LogP contribution in [0, 0.1) is 5.82 Å². The number of hydrogen-bond acceptors (Lipinski definition) is 4. The van der Waals surface area contributed by atoms with Crippen LogP contribution in [0.4, 0.5) is 10.2 Å². The van der Waals surface area contributed by atoms with Crippen molar-refractivity contribution in [3.05, 3.63) is 71.0 Å². The van der Waals surface area contributed by atoms with Crippen molar-refractivity contribution in [2.75, 3.05) is 19.5 Å². The van der Waals surface area contributed by atoms with Crippen LogP contribution < -0.4 is 14.8 Å². The number of carbonyl (C=O) groups is 1. The Morgan fingerprint density at radius 1 is 1.10 bits per heavy atom. The number of carbonyl (C=O) groups excluding carboxylic acids is 1. The van der Waals surface area contributed by atoms with E-state index in [0.29, 0.717) is 22.4 Å². The monoisotopic (exact) mass is 425 g/mol. The standard InChI is InChI=1S/C22H17ClFN3O3/c1-29-13-7-9-14(19(11-13)30-2)12-6-8-15-18(10-12)26-27-21(15)25-22(28)20-16(23)4-3-5-17(20)24/h3-11H,1-2H3,(H2,25,26,27,28). The third-order valence-electron chi connectivity index (χ3n) is 4.70. The fourth-order valence-electron chi connectivity index (χ4n) is 3.20. The Bertz CT molecular complexity index is 1240. The number of fused-ring (bicyclic) bond motifs is 1. The normalized spacial score (nSPS) is 10.8. The minimum Gasteiger partial charge on any atom is -0.497 e. The van der Waals surface area contributed by atoms with E-state index in [1.54, 1.807) is 20.3 Å². The second-order valence-electron chi connectivity index (χ2n) is 6.45. The molecule has 8 heteroatoms. The van der Waals surface area contributed by atoms with Crippen LogP contribution in [0.2, 0.25) is 5.02 Å². The van der Waals surface area contributed by atoms with E-state index in [4.69, 9.17) is 21.1 Å². The van der Waals surface area contributed by atoms with E-state index >= 15 is 0 Å². The van der Waals surface area contributed by atoms with Crippen molar-refractivity contribution in [2.24, 2.45) is 0 Å². The predicted molar refractivity (Wildman–Crippen MR) is 114 cm³/mol. The number of ether oxygens (including phenoxy) is 2. The summed E-state index contributed by atoms with van der Waals surface area (Å²) in [6.45, 7) is 0. The van der Waals surface area contributed by atoms with Gasteiger partial charge in [0.05, 0.1) is 30.3 Å². The van der Waals surface area contributed by atoms with Gasteiger partial charge in [-0.25, -0.2) is 4.39 Å². The molecule has 2 N–H and O–H groups in total. The number of anilines is 1. The van der Waals surface area contributed by atoms with E-state index in [9.17, 15) is 9.18 Å². The highest BCUT2D eigenvalue weighted by Crippen LogP contribution is 2.35. The summed E-state index contributed by atoms with van der Waals surface area (Å²) in [5, 5.41) is 10.4. The third kappa shape index (κ3) is 3.55. The highest BCUT2D eigenvalue weighted by molar-refractivity contribution is 6.34. The maximum Gasteiger partial charge on any atom is 0.261 e. The second kappa shape index (κ2) is 8.04. The maximum absolute atomic E-state index is 14.0. The van der Waals surface area contributed by atoms with Gasteiger partial charge in [-0.3, -0.25) is 9.89 Å². The highest BCUT2D eigenvalue weighted by atomic mass is 35.5. The van der Waals surface area contributed by atoms with Gasteiger partial charge in [0, 0.05) is 17.0 Å². The zero-order chi connectivity index (χ0) is 21.3. The second-order valence-corrected chi connectivity index (χ2v) is 6.86. The lowest BCUT2D eigenvalue weighted by atomic mass is 10.0. The lowest BCUT2D eigenvalue weighted by molar-refractivity contribution is 0.102. The van der Waals surface area contributed by atoms with Gasteiger partial charge in [-0.15, -0.1) is 0 Å². The van der Waals surface area contributed by atoms with Gasteiger partial charge in [0.15, 0.2) is 5.82 Å². The van der Waals surface area contributed by atoms with Crippen LogP contribution in [0.1, 0.15) is 10.4 Å². The molecule has 6 nitrogen and oxygen atoms in total. The first-order valence-electron chi connectivity index (χ1n) is 8.97. The number of benzene rings is 3. The number of hydrogen-bond donors (Lipinski definition) is 2. The number of amides is 1. The molecule has 0 spiro atoms. The first-order chi connectivity index (χ1) is 14.5. The van der Waals surface area contributed by atoms with Crippen molar-refractivity contribution in [1.29, 1.82) is 0 Å². The molecule has 0 saturated carbocycles. The van der Waals surface area contributed by atoms with Gasteiger partial charge < -0.3 is 14.8 Å². The minimum atomic E-state index is -0.700. The largest absolute Gasteiger partial charge is 0.497 e. The molecule has 0 aliphatic carbocycles. The van der Waals surface area contributed by atoms with Gasteiger partial charge in [0.2, 0.25) is 0 Å². The van der Waals surface area contributed by atoms with Gasteiger partial charge in [0.25, 0.3) is 5.91 Å². The molecule has 0 atom stereocenters. The number of aromatic amines is 1. The smallest absolute Gasteiger partial charge is 0.261 e. The molecule has 4 aromatic rings. The first-order valence-corrected chi connectivity index (χ1v) is 9.35. The Balaban J connectivity index is 1.67. The van der Waals surface area contributed by atoms with Crippen molar-refractivity contribution in [2.45, 2.75) is 0 Å². The fraction of sp³-hybridized carbons (Fsp3) is 0.0909. The molecule has 0 unspecified atom stereocenters. The molecule has 0 bridgehead atoms. The zero-order valence-corrected chi connectivity index (χ0v) is 16.9. The molecular weight excluding hydrogens is 409 g/mol. The zero-order valence-electron chi connectivity index (χ0n) is 16.1. The third-order valence-corrected chi connectivity index (χ3v) is 5.02. The lowest BCUT2D eigenvalue weighted by Gasteiger charge is -2.11. The van der Waals surface area contributed by atoms with Crippen molar-refractivity contribution >= 4 is 34.2 Å². The minimum absolute atomic E-state index is 0.0289. The molecular formula is C22H17ClFN3O3. The van der Waals surface area contributed by atoms with Crippen LogP contribution in [0.25, 0.3) is 22.0 Å². The molecule has 152 valence electrons. The number of rotatable bonds is 5. The maximum atomic E-state index is 14.0. The van der Waals surface area contributed by atoms with Crippen LogP contribution in [0.5, 0.6) is 11.5 Å². The number of H-pyrrole nitrogens is 1. The summed E-state index contributed by atoms with van der Waals surface area (Å²) in [4.78, 5) is 12.5. The van der Waals surface area contributed by atoms with Gasteiger partial charge in [-0.2, -0.15) is 5.10 Å². The molecule has 0 aliphatic heterocycles. The predicted octanol–water partition coefficient (Wildman–Crippen LogP) is 5.29. The van der Waals surface area contributed by atoms with E-state index in [-0.39, 0.29) is 16.4 Å². The van der Waals surface area contributed by atoms with Crippen LogP contribution in [0.15, 0.2) is 54.6 Å². The molecule has 1 heterocycles. The summed E-state index contributed by atoms with van der Waals surface area (Å²) < 4.78 is 24.7. The summed E-state index contributed by atoms with van der Waals surface area (Å²) in [5.41, 5.74) is 2.23. The highest BCUT2D eigenvalue weighted by Gasteiger charge is 2.18. The molecule has 0 saturated heterocycles. The van der Waals surface area contributed by atoms with Crippen LogP contribution in [0.3, 0.4) is 0 Å². The fourth-order valence-corrected chi connectivity index (χ4v) is 3.45.